The fourth-order valence-electron chi connectivity index (χ4n) is 3.14. The number of benzene rings is 2. The number of primary amides is 1. The molecule has 0 radical (unpaired) electrons. The molecule has 13 heteroatoms. The molecule has 2 aromatic carbocycles. The third-order valence-corrected chi connectivity index (χ3v) is 6.33. The van der Waals surface area contributed by atoms with Crippen molar-refractivity contribution in [2.24, 2.45) is 5.73 Å². The monoisotopic (exact) mass is 508 g/mol. The van der Waals surface area contributed by atoms with E-state index in [4.69, 9.17) is 5.73 Å². The van der Waals surface area contributed by atoms with Crippen molar-refractivity contribution in [3.63, 3.8) is 0 Å². The third kappa shape index (κ3) is 6.18. The Balaban J connectivity index is 1.95. The lowest BCUT2D eigenvalue weighted by molar-refractivity contribution is -0.137. The molecule has 0 saturated heterocycles. The molecule has 3 aromatic rings. The van der Waals surface area contributed by atoms with Gasteiger partial charge in [0.1, 0.15) is 11.4 Å². The van der Waals surface area contributed by atoms with Gasteiger partial charge in [-0.2, -0.15) is 18.2 Å². The Bertz CT molecular complexity index is 1360. The minimum absolute atomic E-state index is 0.147. The molecule has 0 aliphatic carbocycles. The number of aryl methyl sites for hydroxylation is 1. The molecule has 3 rings (SSSR count). The second kappa shape index (κ2) is 9.78. The predicted octanol–water partition coefficient (Wildman–Crippen LogP) is 3.65. The van der Waals surface area contributed by atoms with Gasteiger partial charge in [0.25, 0.3) is 0 Å². The van der Waals surface area contributed by atoms with Gasteiger partial charge >= 0.3 is 6.18 Å². The van der Waals surface area contributed by atoms with Gasteiger partial charge in [0.2, 0.25) is 21.9 Å². The highest BCUT2D eigenvalue weighted by molar-refractivity contribution is 7.92. The first-order valence-electron chi connectivity index (χ1n) is 10.1. The fraction of sp³-hybridized carbons (Fsp3) is 0.227. The Hall–Kier alpha value is -3.87. The van der Waals surface area contributed by atoms with Crippen molar-refractivity contribution in [2.45, 2.75) is 19.6 Å². The van der Waals surface area contributed by atoms with Crippen LogP contribution in [-0.2, 0) is 22.7 Å². The maximum absolute atomic E-state index is 13.6. The Labute approximate surface area is 200 Å². The third-order valence-electron chi connectivity index (χ3n) is 5.14. The molecule has 186 valence electrons. The molecule has 0 aliphatic rings. The highest BCUT2D eigenvalue weighted by Gasteiger charge is 2.35. The Kier molecular flexibility index (Phi) is 7.19. The average Bonchev–Trinajstić information content (AvgIpc) is 2.77. The lowest BCUT2D eigenvalue weighted by atomic mass is 10.1. The zero-order chi connectivity index (χ0) is 26.0. The van der Waals surface area contributed by atoms with E-state index >= 15 is 0 Å². The summed E-state index contributed by atoms with van der Waals surface area (Å²) in [6, 6.07) is 11.0. The predicted molar refractivity (Wildman–Crippen MR) is 127 cm³/mol. The van der Waals surface area contributed by atoms with E-state index in [-0.39, 0.29) is 18.1 Å². The number of hydrogen-bond acceptors (Lipinski definition) is 7. The SMILES string of the molecule is Cc1ccc(C(N)=O)cc1Nc1ncc(C(F)(F)F)c(NCc2ccccc2N(C)S(C)(=O)=O)n1. The minimum Gasteiger partial charge on any atom is -0.366 e. The fourth-order valence-corrected chi connectivity index (χ4v) is 3.68. The second-order valence-corrected chi connectivity index (χ2v) is 9.70. The molecule has 35 heavy (non-hydrogen) atoms. The van der Waals surface area contributed by atoms with Gasteiger partial charge < -0.3 is 16.4 Å². The van der Waals surface area contributed by atoms with Crippen molar-refractivity contribution in [2.75, 3.05) is 28.2 Å². The molecule has 0 atom stereocenters. The van der Waals surface area contributed by atoms with Gasteiger partial charge in [-0.15, -0.1) is 0 Å². The number of nitrogens with two attached hydrogens (primary N) is 1. The van der Waals surface area contributed by atoms with Gasteiger partial charge in [-0.3, -0.25) is 9.10 Å². The van der Waals surface area contributed by atoms with Gasteiger partial charge in [0.15, 0.2) is 0 Å². The number of rotatable bonds is 8. The van der Waals surface area contributed by atoms with Crippen LogP contribution in [0, 0.1) is 6.92 Å². The molecule has 1 aromatic heterocycles. The van der Waals surface area contributed by atoms with Crippen LogP contribution < -0.4 is 20.7 Å². The normalized spacial score (nSPS) is 11.7. The van der Waals surface area contributed by atoms with Crippen molar-refractivity contribution in [1.82, 2.24) is 9.97 Å². The van der Waals surface area contributed by atoms with E-state index in [1.807, 2.05) is 0 Å². The Morgan fingerprint density at radius 3 is 2.49 bits per heavy atom. The number of amides is 1. The maximum Gasteiger partial charge on any atom is 0.421 e. The molecule has 0 saturated carbocycles. The van der Waals surface area contributed by atoms with E-state index in [0.29, 0.717) is 28.7 Å². The molecular weight excluding hydrogens is 485 g/mol. The molecule has 0 bridgehead atoms. The molecule has 0 spiro atoms. The van der Waals surface area contributed by atoms with Gasteiger partial charge in [-0.1, -0.05) is 24.3 Å². The standard InChI is InChI=1S/C22H23F3N6O3S/c1-13-8-9-14(19(26)32)10-17(13)29-21-28-12-16(22(23,24)25)20(30-21)27-11-15-6-4-5-7-18(15)31(2)35(3,33)34/h4-10,12H,11H2,1-3H3,(H2,26,32)(H2,27,28,29,30). The molecule has 1 amide bonds. The summed E-state index contributed by atoms with van der Waals surface area (Å²) in [5, 5.41) is 5.46. The van der Waals surface area contributed by atoms with Gasteiger partial charge in [-0.05, 0) is 36.2 Å². The lowest BCUT2D eigenvalue weighted by Gasteiger charge is -2.21. The van der Waals surface area contributed by atoms with Crippen LogP contribution in [0.5, 0.6) is 0 Å². The molecule has 4 N–H and O–H groups in total. The van der Waals surface area contributed by atoms with Crippen LogP contribution in [-0.4, -0.2) is 37.6 Å². The molecule has 9 nitrogen and oxygen atoms in total. The van der Waals surface area contributed by atoms with E-state index in [9.17, 15) is 26.4 Å². The number of halogens is 3. The summed E-state index contributed by atoms with van der Waals surface area (Å²) in [6.07, 6.45) is -3.08. The topological polar surface area (TPSA) is 130 Å². The number of sulfonamides is 1. The first-order chi connectivity index (χ1) is 16.3. The summed E-state index contributed by atoms with van der Waals surface area (Å²) < 4.78 is 65.8. The van der Waals surface area contributed by atoms with Crippen LogP contribution in [0.15, 0.2) is 48.7 Å². The van der Waals surface area contributed by atoms with E-state index in [1.54, 1.807) is 37.3 Å². The smallest absolute Gasteiger partial charge is 0.366 e. The van der Waals surface area contributed by atoms with Crippen molar-refractivity contribution in [1.29, 1.82) is 0 Å². The number of alkyl halides is 3. The molecule has 0 fully saturated rings. The van der Waals surface area contributed by atoms with Crippen LogP contribution in [0.2, 0.25) is 0 Å². The van der Waals surface area contributed by atoms with Crippen LogP contribution >= 0.6 is 0 Å². The Morgan fingerprint density at radius 1 is 1.17 bits per heavy atom. The van der Waals surface area contributed by atoms with Gasteiger partial charge in [0, 0.05) is 31.0 Å². The number of anilines is 4. The van der Waals surface area contributed by atoms with E-state index in [2.05, 4.69) is 20.6 Å². The number of aromatic nitrogens is 2. The van der Waals surface area contributed by atoms with Crippen molar-refractivity contribution >= 4 is 39.1 Å². The quantitative estimate of drug-likeness (QED) is 0.423. The summed E-state index contributed by atoms with van der Waals surface area (Å²) in [4.78, 5) is 19.2. The lowest BCUT2D eigenvalue weighted by Crippen LogP contribution is -2.26. The summed E-state index contributed by atoms with van der Waals surface area (Å²) in [6.45, 7) is 1.58. The van der Waals surface area contributed by atoms with Crippen LogP contribution in [0.4, 0.5) is 36.3 Å². The van der Waals surface area contributed by atoms with E-state index in [1.165, 1.54) is 19.2 Å². The second-order valence-electron chi connectivity index (χ2n) is 7.69. The maximum atomic E-state index is 13.6. The number of para-hydroxylation sites is 1. The summed E-state index contributed by atoms with van der Waals surface area (Å²) in [5.41, 5.74) is 6.23. The van der Waals surface area contributed by atoms with Gasteiger partial charge in [0.05, 0.1) is 11.9 Å². The minimum atomic E-state index is -4.74. The zero-order valence-electron chi connectivity index (χ0n) is 19.0. The number of nitrogens with one attached hydrogen (secondary N) is 2. The summed E-state index contributed by atoms with van der Waals surface area (Å²) >= 11 is 0. The average molecular weight is 509 g/mol. The first-order valence-corrected chi connectivity index (χ1v) is 12.0. The molecule has 1 heterocycles. The van der Waals surface area contributed by atoms with Gasteiger partial charge in [-0.25, -0.2) is 13.4 Å². The zero-order valence-corrected chi connectivity index (χ0v) is 19.8. The van der Waals surface area contributed by atoms with Crippen LogP contribution in [0.25, 0.3) is 0 Å². The number of hydrogen-bond donors (Lipinski definition) is 3. The summed E-state index contributed by atoms with van der Waals surface area (Å²) in [7, 11) is -2.24. The number of carbonyl (C=O) groups excluding carboxylic acids is 1. The molecular formula is C22H23F3N6O3S. The van der Waals surface area contributed by atoms with Crippen LogP contribution in [0.1, 0.15) is 27.0 Å². The molecule has 0 unspecified atom stereocenters. The highest BCUT2D eigenvalue weighted by atomic mass is 32.2. The van der Waals surface area contributed by atoms with Crippen molar-refractivity contribution in [3.05, 3.63) is 70.9 Å². The first kappa shape index (κ1) is 25.7. The molecule has 0 aliphatic heterocycles. The van der Waals surface area contributed by atoms with Crippen molar-refractivity contribution in [3.8, 4) is 0 Å². The van der Waals surface area contributed by atoms with Crippen LogP contribution in [0.3, 0.4) is 0 Å². The van der Waals surface area contributed by atoms with E-state index < -0.39 is 33.5 Å². The van der Waals surface area contributed by atoms with E-state index in [0.717, 1.165) is 10.6 Å². The van der Waals surface area contributed by atoms with Crippen molar-refractivity contribution < 1.29 is 26.4 Å². The highest BCUT2D eigenvalue weighted by Crippen LogP contribution is 2.35. The number of nitrogens with zero attached hydrogens (tertiary/aromatic N) is 3. The number of carbonyl (C=O) groups is 1. The summed E-state index contributed by atoms with van der Waals surface area (Å²) in [5.74, 6) is -1.32. The Morgan fingerprint density at radius 2 is 1.86 bits per heavy atom. The largest absolute Gasteiger partial charge is 0.421 e.